The average Bonchev–Trinajstić information content (AvgIpc) is 2.77. The fraction of sp³-hybridized carbons (Fsp3) is 0.381. The monoisotopic (exact) mass is 438 g/mol. The van der Waals surface area contributed by atoms with Crippen LogP contribution in [-0.2, 0) is 33.3 Å². The maximum atomic E-state index is 12.8. The number of rotatable bonds is 12. The van der Waals surface area contributed by atoms with Crippen molar-refractivity contribution in [3.05, 3.63) is 47.8 Å². The third kappa shape index (κ3) is 7.57. The van der Waals surface area contributed by atoms with Gasteiger partial charge in [0.2, 0.25) is 11.5 Å². The fourth-order valence-electron chi connectivity index (χ4n) is 2.14. The minimum Gasteiger partial charge on any atom is -0.500 e. The second kappa shape index (κ2) is 13.5. The first-order valence-electron chi connectivity index (χ1n) is 9.21. The highest BCUT2D eigenvalue weighted by atomic mass is 16.6. The standard InChI is InChI=1S/C21H26O10/c1-6-7-11-29-21(24)18-14(30-16(12-25-2)19(22)27-4)9-8-10-15(18)31-17(13-26-3)20(23)28-5/h8-10,12-13H,6-7,11H2,1-5H3/b16-12-,17-13-. The van der Waals surface area contributed by atoms with E-state index >= 15 is 0 Å². The molecule has 0 saturated carbocycles. The third-order valence-corrected chi connectivity index (χ3v) is 3.59. The summed E-state index contributed by atoms with van der Waals surface area (Å²) in [6.45, 7) is 2.09. The van der Waals surface area contributed by atoms with E-state index < -0.39 is 17.9 Å². The smallest absolute Gasteiger partial charge is 0.377 e. The van der Waals surface area contributed by atoms with Crippen molar-refractivity contribution in [2.24, 2.45) is 0 Å². The van der Waals surface area contributed by atoms with Crippen LogP contribution in [0.25, 0.3) is 0 Å². The van der Waals surface area contributed by atoms with E-state index in [9.17, 15) is 14.4 Å². The van der Waals surface area contributed by atoms with Gasteiger partial charge in [0.25, 0.3) is 0 Å². The molecule has 0 saturated heterocycles. The van der Waals surface area contributed by atoms with Crippen LogP contribution in [0.1, 0.15) is 30.1 Å². The summed E-state index contributed by atoms with van der Waals surface area (Å²) < 4.78 is 35.3. The van der Waals surface area contributed by atoms with Gasteiger partial charge in [-0.3, -0.25) is 0 Å². The Labute approximate surface area is 180 Å². The van der Waals surface area contributed by atoms with E-state index in [1.54, 1.807) is 0 Å². The number of benzene rings is 1. The van der Waals surface area contributed by atoms with Gasteiger partial charge in [0.15, 0.2) is 0 Å². The van der Waals surface area contributed by atoms with Crippen LogP contribution in [0, 0.1) is 0 Å². The lowest BCUT2D eigenvalue weighted by molar-refractivity contribution is -0.139. The Morgan fingerprint density at radius 2 is 1.32 bits per heavy atom. The number of carbonyl (C=O) groups excluding carboxylic acids is 3. The van der Waals surface area contributed by atoms with Crippen molar-refractivity contribution in [3.63, 3.8) is 0 Å². The molecular formula is C21H26O10. The molecule has 0 bridgehead atoms. The van der Waals surface area contributed by atoms with Crippen LogP contribution in [0.2, 0.25) is 0 Å². The second-order valence-electron chi connectivity index (χ2n) is 5.74. The first-order chi connectivity index (χ1) is 14.9. The third-order valence-electron chi connectivity index (χ3n) is 3.59. The van der Waals surface area contributed by atoms with Crippen LogP contribution in [-0.4, -0.2) is 53.0 Å². The summed E-state index contributed by atoms with van der Waals surface area (Å²) in [6.07, 6.45) is 3.46. The molecule has 0 atom stereocenters. The van der Waals surface area contributed by atoms with Crippen LogP contribution >= 0.6 is 0 Å². The van der Waals surface area contributed by atoms with Crippen molar-refractivity contribution >= 4 is 17.9 Å². The van der Waals surface area contributed by atoms with Gasteiger partial charge in [0.1, 0.15) is 29.6 Å². The summed E-state index contributed by atoms with van der Waals surface area (Å²) in [6, 6.07) is 4.30. The SMILES string of the molecule is CCCCOC(=O)c1c(O/C(=C\OC)C(=O)OC)cccc1O/C(=C\OC)C(=O)OC. The quantitative estimate of drug-likeness (QED) is 0.159. The number of hydrogen-bond donors (Lipinski definition) is 0. The summed E-state index contributed by atoms with van der Waals surface area (Å²) >= 11 is 0. The molecular weight excluding hydrogens is 412 g/mol. The Kier molecular flexibility index (Phi) is 11.1. The summed E-state index contributed by atoms with van der Waals surface area (Å²) in [5.74, 6) is -3.30. The molecule has 0 N–H and O–H groups in total. The molecule has 0 aliphatic rings. The Bertz CT molecular complexity index is 771. The summed E-state index contributed by atoms with van der Waals surface area (Å²) in [4.78, 5) is 36.7. The lowest BCUT2D eigenvalue weighted by Gasteiger charge is -2.16. The maximum Gasteiger partial charge on any atom is 0.377 e. The number of ether oxygens (including phenoxy) is 7. The lowest BCUT2D eigenvalue weighted by Crippen LogP contribution is -2.17. The van der Waals surface area contributed by atoms with Crippen molar-refractivity contribution in [1.82, 2.24) is 0 Å². The molecule has 0 amide bonds. The molecule has 10 heteroatoms. The number of methoxy groups -OCH3 is 4. The van der Waals surface area contributed by atoms with Crippen molar-refractivity contribution in [2.75, 3.05) is 35.0 Å². The second-order valence-corrected chi connectivity index (χ2v) is 5.74. The molecule has 0 fully saturated rings. The molecule has 0 aromatic heterocycles. The van der Waals surface area contributed by atoms with Crippen LogP contribution in [0.5, 0.6) is 11.5 Å². The van der Waals surface area contributed by atoms with E-state index in [4.69, 9.17) is 23.7 Å². The summed E-state index contributed by atoms with van der Waals surface area (Å²) in [7, 11) is 4.94. The van der Waals surface area contributed by atoms with Gasteiger partial charge >= 0.3 is 17.9 Å². The Balaban J connectivity index is 3.46. The van der Waals surface area contributed by atoms with E-state index in [-0.39, 0.29) is 35.2 Å². The minimum absolute atomic E-state index is 0.0886. The molecule has 0 radical (unpaired) electrons. The highest BCUT2D eigenvalue weighted by Gasteiger charge is 2.26. The molecule has 0 aliphatic heterocycles. The van der Waals surface area contributed by atoms with E-state index in [1.807, 2.05) is 6.92 Å². The molecule has 0 unspecified atom stereocenters. The Hall–Kier alpha value is -3.69. The van der Waals surface area contributed by atoms with E-state index in [0.29, 0.717) is 6.42 Å². The van der Waals surface area contributed by atoms with Gasteiger partial charge in [-0.05, 0) is 18.6 Å². The molecule has 1 aromatic carbocycles. The van der Waals surface area contributed by atoms with Crippen molar-refractivity contribution in [1.29, 1.82) is 0 Å². The molecule has 0 spiro atoms. The number of carbonyl (C=O) groups is 3. The lowest BCUT2D eigenvalue weighted by atomic mass is 10.1. The van der Waals surface area contributed by atoms with Gasteiger partial charge in [-0.1, -0.05) is 19.4 Å². The van der Waals surface area contributed by atoms with Gasteiger partial charge < -0.3 is 33.2 Å². The van der Waals surface area contributed by atoms with Crippen molar-refractivity contribution in [2.45, 2.75) is 19.8 Å². The predicted octanol–water partition coefficient (Wildman–Crippen LogP) is 2.72. The Morgan fingerprint density at radius 1 is 0.839 bits per heavy atom. The molecule has 0 heterocycles. The van der Waals surface area contributed by atoms with Crippen LogP contribution in [0.15, 0.2) is 42.2 Å². The average molecular weight is 438 g/mol. The topological polar surface area (TPSA) is 116 Å². The first-order valence-corrected chi connectivity index (χ1v) is 9.21. The fourth-order valence-corrected chi connectivity index (χ4v) is 2.14. The van der Waals surface area contributed by atoms with Crippen LogP contribution in [0.3, 0.4) is 0 Å². The predicted molar refractivity (Wildman–Crippen MR) is 107 cm³/mol. The molecule has 1 aromatic rings. The van der Waals surface area contributed by atoms with Gasteiger partial charge in [0, 0.05) is 0 Å². The van der Waals surface area contributed by atoms with Gasteiger partial charge in [-0.15, -0.1) is 0 Å². The molecule has 0 aliphatic carbocycles. The number of unbranched alkanes of at least 4 members (excludes halogenated alkanes) is 1. The highest BCUT2D eigenvalue weighted by Crippen LogP contribution is 2.32. The molecule has 1 rings (SSSR count). The van der Waals surface area contributed by atoms with Crippen molar-refractivity contribution in [3.8, 4) is 11.5 Å². The largest absolute Gasteiger partial charge is 0.500 e. The van der Waals surface area contributed by atoms with Crippen molar-refractivity contribution < 1.29 is 47.5 Å². The number of esters is 3. The Morgan fingerprint density at radius 3 is 1.71 bits per heavy atom. The van der Waals surface area contributed by atoms with Crippen LogP contribution in [0.4, 0.5) is 0 Å². The number of hydrogen-bond acceptors (Lipinski definition) is 10. The van der Waals surface area contributed by atoms with E-state index in [0.717, 1.165) is 33.2 Å². The van der Waals surface area contributed by atoms with E-state index in [2.05, 4.69) is 9.47 Å². The minimum atomic E-state index is -0.840. The summed E-state index contributed by atoms with van der Waals surface area (Å²) in [5, 5.41) is 0. The van der Waals surface area contributed by atoms with Gasteiger partial charge in [-0.25, -0.2) is 14.4 Å². The zero-order valence-corrected chi connectivity index (χ0v) is 18.1. The van der Waals surface area contributed by atoms with Gasteiger partial charge in [0.05, 0.1) is 35.0 Å². The normalized spacial score (nSPS) is 11.3. The molecule has 31 heavy (non-hydrogen) atoms. The zero-order valence-electron chi connectivity index (χ0n) is 18.1. The molecule has 170 valence electrons. The first kappa shape index (κ1) is 25.3. The zero-order chi connectivity index (χ0) is 23.2. The molecule has 10 nitrogen and oxygen atoms in total. The highest BCUT2D eigenvalue weighted by molar-refractivity contribution is 5.97. The van der Waals surface area contributed by atoms with E-state index in [1.165, 1.54) is 32.4 Å². The van der Waals surface area contributed by atoms with Crippen LogP contribution < -0.4 is 9.47 Å². The maximum absolute atomic E-state index is 12.8. The summed E-state index contributed by atoms with van der Waals surface area (Å²) in [5.41, 5.74) is -0.171. The van der Waals surface area contributed by atoms with Gasteiger partial charge in [-0.2, -0.15) is 0 Å².